The minimum Gasteiger partial charge on any atom is -0.406 e. The largest absolute Gasteiger partial charge is 0.573 e. The van der Waals surface area contributed by atoms with Crippen LogP contribution in [0.4, 0.5) is 19.0 Å². The second kappa shape index (κ2) is 7.39. The fraction of sp³-hybridized carbons (Fsp3) is 0.0500. The zero-order chi connectivity index (χ0) is 21.3. The van der Waals surface area contributed by atoms with E-state index in [0.717, 1.165) is 0 Å². The van der Waals surface area contributed by atoms with Crippen molar-refractivity contribution in [3.05, 3.63) is 71.8 Å². The lowest BCUT2D eigenvalue weighted by atomic mass is 10.2. The molecule has 4 rings (SSSR count). The number of nitrogens with zero attached hydrogens (tertiary/aromatic N) is 3. The Kier molecular flexibility index (Phi) is 4.74. The highest BCUT2D eigenvalue weighted by Gasteiger charge is 2.31. The molecule has 4 aromatic rings. The van der Waals surface area contributed by atoms with Crippen LogP contribution in [-0.4, -0.2) is 32.1 Å². The molecule has 2 aromatic carbocycles. The Balaban J connectivity index is 1.62. The summed E-state index contributed by atoms with van der Waals surface area (Å²) in [5.74, 6) is 0.527. The third kappa shape index (κ3) is 4.02. The van der Waals surface area contributed by atoms with Crippen LogP contribution in [-0.2, 0) is 0 Å². The number of hydrogen-bond acceptors (Lipinski definition) is 4. The summed E-state index contributed by atoms with van der Waals surface area (Å²) in [7, 11) is 0. The number of alkyl halides is 3. The third-order valence-electron chi connectivity index (χ3n) is 4.13. The number of ether oxygens (including phenoxy) is 1. The second-order valence-corrected chi connectivity index (χ2v) is 6.19. The summed E-state index contributed by atoms with van der Waals surface area (Å²) >= 11 is 0. The van der Waals surface area contributed by atoms with E-state index in [1.807, 2.05) is 0 Å². The van der Waals surface area contributed by atoms with Gasteiger partial charge in [0.15, 0.2) is 5.82 Å². The third-order valence-corrected chi connectivity index (χ3v) is 4.13. The quantitative estimate of drug-likeness (QED) is 0.473. The van der Waals surface area contributed by atoms with E-state index in [4.69, 9.17) is 0 Å². The normalized spacial score (nSPS) is 12.0. The minimum atomic E-state index is -4.76. The molecule has 0 unspecified atom stereocenters. The number of aromatic amines is 2. The molecule has 0 saturated heterocycles. The van der Waals surface area contributed by atoms with E-state index < -0.39 is 6.36 Å². The van der Waals surface area contributed by atoms with Crippen LogP contribution >= 0.6 is 0 Å². The number of hydrogen-bond donors (Lipinski definition) is 2. The van der Waals surface area contributed by atoms with Crippen molar-refractivity contribution in [2.45, 2.75) is 6.36 Å². The van der Waals surface area contributed by atoms with E-state index in [1.54, 1.807) is 30.5 Å². The predicted molar refractivity (Wildman–Crippen MR) is 107 cm³/mol. The molecular formula is C20H14F3N5O2. The van der Waals surface area contributed by atoms with Crippen molar-refractivity contribution < 1.29 is 17.9 Å². The van der Waals surface area contributed by atoms with Gasteiger partial charge in [-0.2, -0.15) is 0 Å². The lowest BCUT2D eigenvalue weighted by molar-refractivity contribution is -0.274. The first-order chi connectivity index (χ1) is 14.3. The zero-order valence-corrected chi connectivity index (χ0v) is 15.3. The summed E-state index contributed by atoms with van der Waals surface area (Å²) in [6, 6.07) is 10.8. The molecular weight excluding hydrogens is 399 g/mol. The lowest BCUT2D eigenvalue weighted by Crippen LogP contribution is -2.16. The van der Waals surface area contributed by atoms with Crippen LogP contribution in [0.2, 0.25) is 0 Å². The molecule has 0 fully saturated rings. The topological polar surface area (TPSA) is 88.1 Å². The van der Waals surface area contributed by atoms with Crippen LogP contribution in [0, 0.1) is 0 Å². The maximum absolute atomic E-state index is 12.4. The number of imidazole rings is 2. The Morgan fingerprint density at radius 1 is 1.13 bits per heavy atom. The van der Waals surface area contributed by atoms with Crippen LogP contribution in [0.15, 0.2) is 71.1 Å². The Bertz CT molecular complexity index is 1300. The number of allylic oxidation sites excluding steroid dienone is 1. The lowest BCUT2D eigenvalue weighted by Gasteiger charge is -2.07. The number of rotatable bonds is 5. The first kappa shape index (κ1) is 19.2. The van der Waals surface area contributed by atoms with Crippen molar-refractivity contribution in [1.29, 1.82) is 0 Å². The van der Waals surface area contributed by atoms with Gasteiger partial charge < -0.3 is 9.72 Å². The van der Waals surface area contributed by atoms with Crippen LogP contribution in [0.5, 0.6) is 5.75 Å². The van der Waals surface area contributed by atoms with Crippen LogP contribution in [0.1, 0.15) is 0 Å². The molecule has 0 spiro atoms. The van der Waals surface area contributed by atoms with E-state index in [0.29, 0.717) is 33.9 Å². The van der Waals surface area contributed by atoms with Gasteiger partial charge in [-0.1, -0.05) is 12.7 Å². The molecule has 152 valence electrons. The summed E-state index contributed by atoms with van der Waals surface area (Å²) in [6.45, 7) is 3.52. The van der Waals surface area contributed by atoms with Crippen molar-refractivity contribution in [3.63, 3.8) is 0 Å². The number of benzene rings is 2. The van der Waals surface area contributed by atoms with E-state index in [-0.39, 0.29) is 11.4 Å². The molecule has 0 radical (unpaired) electrons. The van der Waals surface area contributed by atoms with Crippen molar-refractivity contribution in [1.82, 2.24) is 19.5 Å². The number of halogens is 3. The molecule has 7 nitrogen and oxygen atoms in total. The van der Waals surface area contributed by atoms with Gasteiger partial charge in [-0.05, 0) is 36.4 Å². The molecule has 0 atom stereocenters. The molecule has 0 amide bonds. The van der Waals surface area contributed by atoms with Gasteiger partial charge in [0.25, 0.3) is 0 Å². The highest BCUT2D eigenvalue weighted by atomic mass is 19.4. The van der Waals surface area contributed by atoms with Gasteiger partial charge in [-0.15, -0.1) is 13.2 Å². The summed E-state index contributed by atoms with van der Waals surface area (Å²) in [6.07, 6.45) is -0.248. The molecule has 0 aliphatic carbocycles. The van der Waals surface area contributed by atoms with Crippen LogP contribution in [0.25, 0.3) is 28.1 Å². The molecule has 0 aliphatic heterocycles. The summed E-state index contributed by atoms with van der Waals surface area (Å²) in [5, 5.41) is 0. The average molecular weight is 413 g/mol. The maximum atomic E-state index is 12.4. The standard InChI is InChI=1S/C20H14F3N5O2/c1-2-9-24-17-11-28(19(29)27-17)13-5-3-12(4-6-13)18-25-15-8-7-14(10-16(15)26-18)30-20(21,22)23/h2-11H,1H2,(H,25,26)(H,27,29)/b24-9-. The molecule has 0 saturated carbocycles. The fourth-order valence-corrected chi connectivity index (χ4v) is 2.88. The van der Waals surface area contributed by atoms with Gasteiger partial charge in [-0.3, -0.25) is 9.55 Å². The average Bonchev–Trinajstić information content (AvgIpc) is 3.28. The van der Waals surface area contributed by atoms with Gasteiger partial charge >= 0.3 is 12.1 Å². The smallest absolute Gasteiger partial charge is 0.406 e. The van der Waals surface area contributed by atoms with E-state index in [2.05, 4.69) is 31.3 Å². The Hall–Kier alpha value is -4.08. The Morgan fingerprint density at radius 3 is 2.60 bits per heavy atom. The second-order valence-electron chi connectivity index (χ2n) is 6.19. The highest BCUT2D eigenvalue weighted by molar-refractivity contribution is 5.80. The van der Waals surface area contributed by atoms with Gasteiger partial charge in [0, 0.05) is 17.8 Å². The van der Waals surface area contributed by atoms with Crippen molar-refractivity contribution >= 4 is 23.1 Å². The van der Waals surface area contributed by atoms with Crippen molar-refractivity contribution in [2.24, 2.45) is 4.99 Å². The van der Waals surface area contributed by atoms with Gasteiger partial charge in [0.05, 0.1) is 22.9 Å². The molecule has 2 N–H and O–H groups in total. The van der Waals surface area contributed by atoms with Gasteiger partial charge in [0.1, 0.15) is 11.6 Å². The van der Waals surface area contributed by atoms with Crippen molar-refractivity contribution in [2.75, 3.05) is 0 Å². The van der Waals surface area contributed by atoms with Crippen LogP contribution in [0.3, 0.4) is 0 Å². The molecule has 10 heteroatoms. The summed E-state index contributed by atoms with van der Waals surface area (Å²) < 4.78 is 42.5. The number of nitrogens with one attached hydrogen (secondary N) is 2. The summed E-state index contributed by atoms with van der Waals surface area (Å²) in [5.41, 5.74) is 1.86. The minimum absolute atomic E-state index is 0.331. The molecule has 0 aliphatic rings. The number of aromatic nitrogens is 4. The van der Waals surface area contributed by atoms with Gasteiger partial charge in [-0.25, -0.2) is 14.8 Å². The molecule has 30 heavy (non-hydrogen) atoms. The van der Waals surface area contributed by atoms with Gasteiger partial charge in [0.2, 0.25) is 0 Å². The number of aliphatic imine (C=N–C) groups is 1. The highest BCUT2D eigenvalue weighted by Crippen LogP contribution is 2.28. The van der Waals surface area contributed by atoms with E-state index in [1.165, 1.54) is 35.1 Å². The van der Waals surface area contributed by atoms with E-state index in [9.17, 15) is 18.0 Å². The maximum Gasteiger partial charge on any atom is 0.573 e. The van der Waals surface area contributed by atoms with Crippen molar-refractivity contribution in [3.8, 4) is 22.8 Å². The summed E-state index contributed by atoms with van der Waals surface area (Å²) in [4.78, 5) is 26.1. The predicted octanol–water partition coefficient (Wildman–Crippen LogP) is 4.50. The monoisotopic (exact) mass is 413 g/mol. The SMILES string of the molecule is C=C/C=N\c1cn(-c2ccc(-c3nc4ccc(OC(F)(F)F)cc4[nH]3)cc2)c(=O)[nH]1. The Morgan fingerprint density at radius 2 is 1.90 bits per heavy atom. The zero-order valence-electron chi connectivity index (χ0n) is 15.3. The molecule has 2 heterocycles. The fourth-order valence-electron chi connectivity index (χ4n) is 2.88. The Labute approximate surface area is 167 Å². The number of fused-ring (bicyclic) bond motifs is 1. The first-order valence-electron chi connectivity index (χ1n) is 8.65. The van der Waals surface area contributed by atoms with Crippen LogP contribution < -0.4 is 10.4 Å². The van der Waals surface area contributed by atoms with E-state index >= 15 is 0 Å². The first-order valence-corrected chi connectivity index (χ1v) is 8.65. The number of H-pyrrole nitrogens is 2. The molecule has 0 bridgehead atoms. The molecule has 2 aromatic heterocycles.